The molecular formula is C12H16N4O. The minimum atomic E-state index is 0.720. The van der Waals surface area contributed by atoms with E-state index in [2.05, 4.69) is 20.2 Å². The number of nitrogens with zero attached hydrogens (tertiary/aromatic N) is 3. The van der Waals surface area contributed by atoms with Gasteiger partial charge >= 0.3 is 0 Å². The number of hydrogen-bond donors (Lipinski definition) is 1. The maximum absolute atomic E-state index is 5.77. The summed E-state index contributed by atoms with van der Waals surface area (Å²) in [6, 6.07) is 2.01. The van der Waals surface area contributed by atoms with Gasteiger partial charge in [0.2, 0.25) is 5.65 Å². The molecule has 0 bridgehead atoms. The highest BCUT2D eigenvalue weighted by Gasteiger charge is 2.17. The van der Waals surface area contributed by atoms with Crippen molar-refractivity contribution in [3.8, 4) is 0 Å². The monoisotopic (exact) mass is 232 g/mol. The second-order valence-electron chi connectivity index (χ2n) is 4.18. The van der Waals surface area contributed by atoms with Crippen molar-refractivity contribution in [1.29, 1.82) is 0 Å². The van der Waals surface area contributed by atoms with Crippen LogP contribution in [0.5, 0.6) is 0 Å². The fourth-order valence-corrected chi connectivity index (χ4v) is 2.17. The third kappa shape index (κ3) is 1.86. The first-order valence-electron chi connectivity index (χ1n) is 6.08. The highest BCUT2D eigenvalue weighted by atomic mass is 16.3. The lowest BCUT2D eigenvalue weighted by molar-refractivity contribution is 0.533. The molecule has 1 N–H and O–H groups in total. The molecule has 2 aromatic rings. The van der Waals surface area contributed by atoms with Gasteiger partial charge in [-0.1, -0.05) is 6.92 Å². The Balaban J connectivity index is 2.05. The van der Waals surface area contributed by atoms with Gasteiger partial charge in [-0.3, -0.25) is 0 Å². The summed E-state index contributed by atoms with van der Waals surface area (Å²) in [6.45, 7) is 6.06. The van der Waals surface area contributed by atoms with Gasteiger partial charge in [-0.2, -0.15) is 4.98 Å². The minimum Gasteiger partial charge on any atom is -0.437 e. The molecule has 3 rings (SSSR count). The number of piperazine rings is 1. The maximum Gasteiger partial charge on any atom is 0.200 e. The number of pyridine rings is 1. The number of aryl methyl sites for hydroxylation is 1. The van der Waals surface area contributed by atoms with Gasteiger partial charge in [0.05, 0.1) is 5.69 Å². The lowest BCUT2D eigenvalue weighted by Crippen LogP contribution is -2.43. The van der Waals surface area contributed by atoms with Crippen LogP contribution in [-0.2, 0) is 6.42 Å². The van der Waals surface area contributed by atoms with Crippen LogP contribution in [0.1, 0.15) is 12.8 Å². The van der Waals surface area contributed by atoms with Crippen LogP contribution >= 0.6 is 0 Å². The fraction of sp³-hybridized carbons (Fsp3) is 0.500. The summed E-state index contributed by atoms with van der Waals surface area (Å²) in [4.78, 5) is 10.9. The van der Waals surface area contributed by atoms with E-state index >= 15 is 0 Å². The van der Waals surface area contributed by atoms with Gasteiger partial charge < -0.3 is 14.6 Å². The molecule has 1 aliphatic heterocycles. The summed E-state index contributed by atoms with van der Waals surface area (Å²) < 4.78 is 5.77. The number of nitrogens with one attached hydrogen (secondary N) is 1. The summed E-state index contributed by atoms with van der Waals surface area (Å²) in [7, 11) is 0. The van der Waals surface area contributed by atoms with Gasteiger partial charge in [-0.15, -0.1) is 0 Å². The largest absolute Gasteiger partial charge is 0.437 e. The quantitative estimate of drug-likeness (QED) is 0.843. The van der Waals surface area contributed by atoms with Gasteiger partial charge in [0, 0.05) is 38.8 Å². The van der Waals surface area contributed by atoms with Gasteiger partial charge in [-0.25, -0.2) is 4.98 Å². The van der Waals surface area contributed by atoms with E-state index in [1.807, 2.05) is 19.2 Å². The van der Waals surface area contributed by atoms with Crippen LogP contribution in [-0.4, -0.2) is 36.1 Å². The first-order chi connectivity index (χ1) is 8.38. The lowest BCUT2D eigenvalue weighted by Gasteiger charge is -2.28. The molecule has 17 heavy (non-hydrogen) atoms. The maximum atomic E-state index is 5.77. The average Bonchev–Trinajstić information content (AvgIpc) is 2.82. The van der Waals surface area contributed by atoms with Gasteiger partial charge in [0.25, 0.3) is 0 Å². The molecule has 2 aromatic heterocycles. The minimum absolute atomic E-state index is 0.720. The Kier molecular flexibility index (Phi) is 2.68. The molecule has 5 nitrogen and oxygen atoms in total. The summed E-state index contributed by atoms with van der Waals surface area (Å²) in [6.07, 6.45) is 2.61. The number of aromatic nitrogens is 2. The summed E-state index contributed by atoms with van der Waals surface area (Å²) in [5.74, 6) is 0.759. The molecule has 1 fully saturated rings. The van der Waals surface area contributed by atoms with Crippen molar-refractivity contribution in [3.63, 3.8) is 0 Å². The summed E-state index contributed by atoms with van der Waals surface area (Å²) >= 11 is 0. The molecule has 0 atom stereocenters. The van der Waals surface area contributed by atoms with Crippen LogP contribution < -0.4 is 10.2 Å². The van der Waals surface area contributed by atoms with E-state index in [-0.39, 0.29) is 0 Å². The first kappa shape index (κ1) is 10.5. The zero-order chi connectivity index (χ0) is 11.7. The molecule has 0 amide bonds. The predicted molar refractivity (Wildman–Crippen MR) is 66.3 cm³/mol. The first-order valence-corrected chi connectivity index (χ1v) is 6.08. The molecule has 0 unspecified atom stereocenters. The molecule has 3 heterocycles. The molecule has 90 valence electrons. The molecule has 5 heteroatoms. The standard InChI is InChI=1S/C12H16N4O/c1-2-10-15-12-11(17-10)9(3-4-14-12)16-7-5-13-6-8-16/h3-4,13H,2,5-8H2,1H3. The average molecular weight is 232 g/mol. The van der Waals surface area contributed by atoms with Crippen molar-refractivity contribution in [2.75, 3.05) is 31.1 Å². The molecular weight excluding hydrogens is 216 g/mol. The van der Waals surface area contributed by atoms with Crippen LogP contribution in [0.4, 0.5) is 5.69 Å². The molecule has 0 spiro atoms. The van der Waals surface area contributed by atoms with Crippen molar-refractivity contribution < 1.29 is 4.42 Å². The number of anilines is 1. The lowest BCUT2D eigenvalue weighted by atomic mass is 10.3. The highest BCUT2D eigenvalue weighted by Crippen LogP contribution is 2.26. The Hall–Kier alpha value is -1.62. The van der Waals surface area contributed by atoms with E-state index in [0.717, 1.165) is 55.4 Å². The Morgan fingerprint density at radius 1 is 1.41 bits per heavy atom. The van der Waals surface area contributed by atoms with Gasteiger partial charge in [-0.05, 0) is 6.07 Å². The van der Waals surface area contributed by atoms with Crippen LogP contribution in [0.2, 0.25) is 0 Å². The molecule has 0 aliphatic carbocycles. The molecule has 0 saturated carbocycles. The number of fused-ring (bicyclic) bond motifs is 1. The SMILES string of the molecule is CCc1nc2nccc(N3CCNCC3)c2o1. The normalized spacial score (nSPS) is 16.6. The van der Waals surface area contributed by atoms with E-state index in [4.69, 9.17) is 4.42 Å². The number of oxazole rings is 1. The molecule has 1 saturated heterocycles. The van der Waals surface area contributed by atoms with E-state index in [9.17, 15) is 0 Å². The van der Waals surface area contributed by atoms with Crippen LogP contribution in [0.15, 0.2) is 16.7 Å². The second-order valence-corrected chi connectivity index (χ2v) is 4.18. The molecule has 0 aromatic carbocycles. The summed E-state index contributed by atoms with van der Waals surface area (Å²) in [5.41, 5.74) is 2.66. The van der Waals surface area contributed by atoms with Crippen LogP contribution in [0, 0.1) is 0 Å². The molecule has 0 radical (unpaired) electrons. The van der Waals surface area contributed by atoms with Gasteiger partial charge in [0.1, 0.15) is 0 Å². The van der Waals surface area contributed by atoms with Crippen LogP contribution in [0.3, 0.4) is 0 Å². The van der Waals surface area contributed by atoms with Crippen molar-refractivity contribution in [1.82, 2.24) is 15.3 Å². The Labute approximate surface area is 99.8 Å². The fourth-order valence-electron chi connectivity index (χ4n) is 2.17. The molecule has 1 aliphatic rings. The number of rotatable bonds is 2. The smallest absolute Gasteiger partial charge is 0.200 e. The third-order valence-corrected chi connectivity index (χ3v) is 3.08. The van der Waals surface area contributed by atoms with E-state index in [1.54, 1.807) is 0 Å². The van der Waals surface area contributed by atoms with E-state index in [1.165, 1.54) is 0 Å². The second kappa shape index (κ2) is 4.33. The Morgan fingerprint density at radius 2 is 2.24 bits per heavy atom. The Morgan fingerprint density at radius 3 is 3.00 bits per heavy atom. The van der Waals surface area contributed by atoms with Crippen LogP contribution in [0.25, 0.3) is 11.2 Å². The zero-order valence-corrected chi connectivity index (χ0v) is 9.94. The van der Waals surface area contributed by atoms with Crippen molar-refractivity contribution in [2.45, 2.75) is 13.3 Å². The van der Waals surface area contributed by atoms with E-state index < -0.39 is 0 Å². The zero-order valence-electron chi connectivity index (χ0n) is 9.94. The topological polar surface area (TPSA) is 54.2 Å². The number of hydrogen-bond acceptors (Lipinski definition) is 5. The predicted octanol–water partition coefficient (Wildman–Crippen LogP) is 1.19. The highest BCUT2D eigenvalue weighted by molar-refractivity contribution is 5.83. The summed E-state index contributed by atoms with van der Waals surface area (Å²) in [5, 5.41) is 3.35. The Bertz CT molecular complexity index is 516. The van der Waals surface area contributed by atoms with E-state index in [0.29, 0.717) is 0 Å². The van der Waals surface area contributed by atoms with Crippen molar-refractivity contribution in [2.24, 2.45) is 0 Å². The van der Waals surface area contributed by atoms with Crippen molar-refractivity contribution >= 4 is 16.9 Å². The third-order valence-electron chi connectivity index (χ3n) is 3.08. The van der Waals surface area contributed by atoms with Gasteiger partial charge in [0.15, 0.2) is 11.5 Å². The van der Waals surface area contributed by atoms with Crippen molar-refractivity contribution in [3.05, 3.63) is 18.2 Å².